The monoisotopic (exact) mass is 172 g/mol. The Kier molecular flexibility index (Phi) is 3.49. The van der Waals surface area contributed by atoms with Crippen LogP contribution in [0.2, 0.25) is 0 Å². The molecule has 0 radical (unpaired) electrons. The van der Waals surface area contributed by atoms with E-state index >= 15 is 0 Å². The van der Waals surface area contributed by atoms with E-state index in [0.717, 1.165) is 30.8 Å². The van der Waals surface area contributed by atoms with Gasteiger partial charge in [0.25, 0.3) is 0 Å². The molecule has 1 heterocycles. The Bertz CT molecular complexity index is 175. The van der Waals surface area contributed by atoms with Crippen LogP contribution in [-0.4, -0.2) is 22.6 Å². The number of hydrogen-bond donors (Lipinski definition) is 1. The second-order valence-corrected chi connectivity index (χ2v) is 3.76. The minimum absolute atomic E-state index is 0.602. The summed E-state index contributed by atoms with van der Waals surface area (Å²) in [5.74, 6) is 1.43. The molecule has 0 aliphatic carbocycles. The highest BCUT2D eigenvalue weighted by molar-refractivity contribution is 7.99. The highest BCUT2D eigenvalue weighted by Crippen LogP contribution is 2.16. The van der Waals surface area contributed by atoms with Gasteiger partial charge in [-0.15, -0.1) is 0 Å². The molecule has 3 heteroatoms. The van der Waals surface area contributed by atoms with Gasteiger partial charge in [-0.1, -0.05) is 6.08 Å². The van der Waals surface area contributed by atoms with Gasteiger partial charge in [-0.3, -0.25) is 0 Å². The second-order valence-electron chi connectivity index (χ2n) is 2.54. The van der Waals surface area contributed by atoms with Crippen LogP contribution in [0.15, 0.2) is 11.6 Å². The minimum atomic E-state index is -0.739. The van der Waals surface area contributed by atoms with E-state index in [4.69, 9.17) is 5.11 Å². The second kappa shape index (κ2) is 4.44. The number of carbonyl (C=O) groups is 1. The quantitative estimate of drug-likeness (QED) is 0.656. The van der Waals surface area contributed by atoms with E-state index in [1.807, 2.05) is 17.8 Å². The number of aliphatic carboxylic acids is 1. The first-order chi connectivity index (χ1) is 5.30. The summed E-state index contributed by atoms with van der Waals surface area (Å²) in [4.78, 5) is 10.5. The van der Waals surface area contributed by atoms with Gasteiger partial charge in [-0.05, 0) is 30.8 Å². The van der Waals surface area contributed by atoms with E-state index in [0.29, 0.717) is 5.57 Å². The molecule has 0 fully saturated rings. The number of hydrogen-bond acceptors (Lipinski definition) is 2. The van der Waals surface area contributed by atoms with Crippen molar-refractivity contribution in [3.05, 3.63) is 11.6 Å². The third-order valence-electron chi connectivity index (χ3n) is 1.66. The molecule has 0 unspecified atom stereocenters. The molecule has 0 amide bonds. The molecule has 0 saturated heterocycles. The van der Waals surface area contributed by atoms with Crippen LogP contribution in [0.5, 0.6) is 0 Å². The average molecular weight is 172 g/mol. The lowest BCUT2D eigenvalue weighted by molar-refractivity contribution is -0.132. The summed E-state index contributed by atoms with van der Waals surface area (Å²) in [5.41, 5.74) is 0.602. The molecule has 0 aromatic rings. The van der Waals surface area contributed by atoms with E-state index in [2.05, 4.69) is 0 Å². The number of rotatable bonds is 1. The molecule has 0 aromatic carbocycles. The number of thioether (sulfide) groups is 1. The molecule has 0 aromatic heterocycles. The zero-order valence-corrected chi connectivity index (χ0v) is 7.19. The molecule has 0 saturated carbocycles. The Morgan fingerprint density at radius 2 is 2.36 bits per heavy atom. The fraction of sp³-hybridized carbons (Fsp3) is 0.625. The van der Waals surface area contributed by atoms with E-state index in [1.54, 1.807) is 0 Å². The van der Waals surface area contributed by atoms with Gasteiger partial charge in [0.15, 0.2) is 0 Å². The van der Waals surface area contributed by atoms with Crippen LogP contribution < -0.4 is 0 Å². The molecule has 0 spiro atoms. The summed E-state index contributed by atoms with van der Waals surface area (Å²) >= 11 is 1.91. The summed E-state index contributed by atoms with van der Waals surface area (Å²) in [6.45, 7) is 0. The lowest BCUT2D eigenvalue weighted by Gasteiger charge is -2.06. The number of allylic oxidation sites excluding steroid dienone is 1. The van der Waals surface area contributed by atoms with Gasteiger partial charge in [-0.2, -0.15) is 11.8 Å². The van der Waals surface area contributed by atoms with Gasteiger partial charge in [0.05, 0.1) is 0 Å². The topological polar surface area (TPSA) is 37.3 Å². The zero-order valence-electron chi connectivity index (χ0n) is 6.38. The summed E-state index contributed by atoms with van der Waals surface area (Å²) in [5, 5.41) is 8.68. The highest BCUT2D eigenvalue weighted by Gasteiger charge is 2.07. The van der Waals surface area contributed by atoms with E-state index in [-0.39, 0.29) is 0 Å². The molecule has 1 aliphatic heterocycles. The van der Waals surface area contributed by atoms with Crippen molar-refractivity contribution in [3.63, 3.8) is 0 Å². The first-order valence-electron chi connectivity index (χ1n) is 3.81. The molecule has 1 N–H and O–H groups in total. The average Bonchev–Trinajstić information content (AvgIpc) is 1.84. The molecule has 62 valence electrons. The standard InChI is InChI=1S/C8H12O2S/c9-8(10)7-3-1-5-11-6-2-4-7/h3H,1-2,4-6H2,(H,9,10). The maximum Gasteiger partial charge on any atom is 0.331 e. The van der Waals surface area contributed by atoms with Gasteiger partial charge in [0.2, 0.25) is 0 Å². The van der Waals surface area contributed by atoms with Crippen LogP contribution in [0.25, 0.3) is 0 Å². The van der Waals surface area contributed by atoms with Gasteiger partial charge < -0.3 is 5.11 Å². The maximum absolute atomic E-state index is 10.5. The Morgan fingerprint density at radius 1 is 1.55 bits per heavy atom. The normalized spacial score (nSPS) is 19.8. The molecule has 2 nitrogen and oxygen atoms in total. The fourth-order valence-corrected chi connectivity index (χ4v) is 1.92. The predicted molar refractivity (Wildman–Crippen MR) is 46.9 cm³/mol. The van der Waals surface area contributed by atoms with Gasteiger partial charge in [-0.25, -0.2) is 4.79 Å². The Balaban J connectivity index is 2.52. The van der Waals surface area contributed by atoms with Crippen molar-refractivity contribution in [1.82, 2.24) is 0 Å². The molecule has 11 heavy (non-hydrogen) atoms. The van der Waals surface area contributed by atoms with E-state index in [1.165, 1.54) is 0 Å². The predicted octanol–water partition coefficient (Wildman–Crippen LogP) is 1.91. The SMILES string of the molecule is O=C(O)C1=CCCSCCC1. The van der Waals surface area contributed by atoms with Crippen molar-refractivity contribution in [2.24, 2.45) is 0 Å². The summed E-state index contributed by atoms with van der Waals surface area (Å²) in [7, 11) is 0. The van der Waals surface area contributed by atoms with Crippen molar-refractivity contribution in [2.45, 2.75) is 19.3 Å². The highest BCUT2D eigenvalue weighted by atomic mass is 32.2. The smallest absolute Gasteiger partial charge is 0.331 e. The van der Waals surface area contributed by atoms with Gasteiger partial charge >= 0.3 is 5.97 Å². The third kappa shape index (κ3) is 2.97. The number of carboxylic acid groups (broad SMARTS) is 1. The van der Waals surface area contributed by atoms with Crippen molar-refractivity contribution in [1.29, 1.82) is 0 Å². The van der Waals surface area contributed by atoms with Crippen molar-refractivity contribution in [3.8, 4) is 0 Å². The lowest BCUT2D eigenvalue weighted by atomic mass is 10.1. The molecule has 0 bridgehead atoms. The number of carboxylic acids is 1. The molecule has 1 rings (SSSR count). The van der Waals surface area contributed by atoms with E-state index in [9.17, 15) is 4.79 Å². The molecular formula is C8H12O2S. The summed E-state index contributed by atoms with van der Waals surface area (Å²) in [6, 6.07) is 0. The first-order valence-corrected chi connectivity index (χ1v) is 4.96. The van der Waals surface area contributed by atoms with Crippen molar-refractivity contribution in [2.75, 3.05) is 11.5 Å². The minimum Gasteiger partial charge on any atom is -0.478 e. The fourth-order valence-electron chi connectivity index (χ4n) is 1.08. The van der Waals surface area contributed by atoms with Crippen LogP contribution in [0, 0.1) is 0 Å². The van der Waals surface area contributed by atoms with Gasteiger partial charge in [0, 0.05) is 5.57 Å². The van der Waals surface area contributed by atoms with Gasteiger partial charge in [0.1, 0.15) is 0 Å². The van der Waals surface area contributed by atoms with Crippen LogP contribution in [0.3, 0.4) is 0 Å². The van der Waals surface area contributed by atoms with Crippen LogP contribution in [-0.2, 0) is 4.79 Å². The molecular weight excluding hydrogens is 160 g/mol. The Morgan fingerprint density at radius 3 is 3.09 bits per heavy atom. The zero-order chi connectivity index (χ0) is 8.10. The van der Waals surface area contributed by atoms with Crippen LogP contribution in [0.1, 0.15) is 19.3 Å². The molecule has 1 aliphatic rings. The van der Waals surface area contributed by atoms with Crippen LogP contribution in [0.4, 0.5) is 0 Å². The Hall–Kier alpha value is -0.440. The van der Waals surface area contributed by atoms with Crippen molar-refractivity contribution >= 4 is 17.7 Å². The molecule has 0 atom stereocenters. The van der Waals surface area contributed by atoms with E-state index < -0.39 is 5.97 Å². The van der Waals surface area contributed by atoms with Crippen LogP contribution >= 0.6 is 11.8 Å². The summed E-state index contributed by atoms with van der Waals surface area (Å²) in [6.07, 6.45) is 4.51. The largest absolute Gasteiger partial charge is 0.478 e. The summed E-state index contributed by atoms with van der Waals surface area (Å²) < 4.78 is 0. The first kappa shape index (κ1) is 8.65. The Labute approximate surface area is 70.7 Å². The maximum atomic E-state index is 10.5. The lowest BCUT2D eigenvalue weighted by Crippen LogP contribution is -2.03. The third-order valence-corrected chi connectivity index (χ3v) is 2.76. The van der Waals surface area contributed by atoms with Crippen molar-refractivity contribution < 1.29 is 9.90 Å².